The fourth-order valence-corrected chi connectivity index (χ4v) is 1.99. The van der Waals surface area contributed by atoms with Crippen LogP contribution in [0.1, 0.15) is 32.5 Å². The van der Waals surface area contributed by atoms with Crippen LogP contribution in [0.4, 0.5) is 0 Å². The third kappa shape index (κ3) is 3.20. The molecule has 98 valence electrons. The van der Waals surface area contributed by atoms with Gasteiger partial charge in [0, 0.05) is 43.8 Å². The molecule has 0 bridgehead atoms. The van der Waals surface area contributed by atoms with Gasteiger partial charge < -0.3 is 14.5 Å². The van der Waals surface area contributed by atoms with E-state index in [-0.39, 0.29) is 0 Å². The summed E-state index contributed by atoms with van der Waals surface area (Å²) < 4.78 is 4.27. The summed E-state index contributed by atoms with van der Waals surface area (Å²) in [6.45, 7) is 8.28. The van der Waals surface area contributed by atoms with E-state index in [1.807, 2.05) is 25.0 Å². The van der Waals surface area contributed by atoms with Gasteiger partial charge in [-0.25, -0.2) is 9.97 Å². The molecule has 0 aliphatic heterocycles. The molecular weight excluding hydrogens is 226 g/mol. The number of imidazole rings is 2. The lowest BCUT2D eigenvalue weighted by molar-refractivity contribution is 0.459. The van der Waals surface area contributed by atoms with E-state index in [0.717, 1.165) is 13.1 Å². The van der Waals surface area contributed by atoms with Gasteiger partial charge in [0.1, 0.15) is 0 Å². The lowest BCUT2D eigenvalue weighted by Gasteiger charge is -2.16. The van der Waals surface area contributed by atoms with E-state index in [9.17, 15) is 0 Å². The van der Waals surface area contributed by atoms with Crippen LogP contribution in [-0.2, 0) is 13.1 Å². The lowest BCUT2D eigenvalue weighted by atomic mass is 10.3. The molecule has 18 heavy (non-hydrogen) atoms. The molecule has 1 N–H and O–H groups in total. The molecule has 0 radical (unpaired) electrons. The highest BCUT2D eigenvalue weighted by Gasteiger charge is 2.07. The van der Waals surface area contributed by atoms with Crippen molar-refractivity contribution in [1.29, 1.82) is 0 Å². The normalized spacial score (nSPS) is 13.1. The van der Waals surface area contributed by atoms with E-state index >= 15 is 0 Å². The average Bonchev–Trinajstić information content (AvgIpc) is 2.96. The first-order chi connectivity index (χ1) is 8.66. The van der Waals surface area contributed by atoms with Gasteiger partial charge >= 0.3 is 0 Å². The van der Waals surface area contributed by atoms with Crippen molar-refractivity contribution in [1.82, 2.24) is 24.4 Å². The third-order valence-electron chi connectivity index (χ3n) is 2.98. The van der Waals surface area contributed by atoms with E-state index in [4.69, 9.17) is 0 Å². The standard InChI is InChI=1S/C13H21N5/c1-11(2)18-10-15-6-13(18)7-16-12(3)8-17-5-4-14-9-17/h4-6,9-12,16H,7-8H2,1-3H3. The van der Waals surface area contributed by atoms with E-state index in [1.165, 1.54) is 5.69 Å². The van der Waals surface area contributed by atoms with Gasteiger partial charge in [-0.2, -0.15) is 0 Å². The van der Waals surface area contributed by atoms with Crippen LogP contribution in [0.15, 0.2) is 31.2 Å². The second-order valence-corrected chi connectivity index (χ2v) is 4.93. The largest absolute Gasteiger partial charge is 0.336 e. The lowest BCUT2D eigenvalue weighted by Crippen LogP contribution is -2.30. The van der Waals surface area contributed by atoms with E-state index in [0.29, 0.717) is 12.1 Å². The van der Waals surface area contributed by atoms with E-state index in [2.05, 4.69) is 45.2 Å². The molecule has 5 nitrogen and oxygen atoms in total. The molecule has 2 rings (SSSR count). The first kappa shape index (κ1) is 12.8. The number of nitrogens with zero attached hydrogens (tertiary/aromatic N) is 4. The summed E-state index contributed by atoms with van der Waals surface area (Å²) in [7, 11) is 0. The monoisotopic (exact) mass is 247 g/mol. The third-order valence-corrected chi connectivity index (χ3v) is 2.98. The Hall–Kier alpha value is -1.62. The van der Waals surface area contributed by atoms with Crippen molar-refractivity contribution in [2.45, 2.75) is 45.9 Å². The Morgan fingerprint density at radius 2 is 2.06 bits per heavy atom. The average molecular weight is 247 g/mol. The molecule has 2 heterocycles. The Balaban J connectivity index is 1.85. The van der Waals surface area contributed by atoms with Gasteiger partial charge in [-0.15, -0.1) is 0 Å². The Labute approximate surface area is 108 Å². The molecule has 1 atom stereocenters. The number of aromatic nitrogens is 4. The van der Waals surface area contributed by atoms with Crippen molar-refractivity contribution in [3.8, 4) is 0 Å². The quantitative estimate of drug-likeness (QED) is 0.847. The minimum absolute atomic E-state index is 0.398. The van der Waals surface area contributed by atoms with Crippen LogP contribution >= 0.6 is 0 Å². The van der Waals surface area contributed by atoms with Gasteiger partial charge in [0.2, 0.25) is 0 Å². The second kappa shape index (κ2) is 5.82. The van der Waals surface area contributed by atoms with Crippen molar-refractivity contribution in [2.24, 2.45) is 0 Å². The molecule has 2 aromatic rings. The van der Waals surface area contributed by atoms with Crippen LogP contribution in [0.5, 0.6) is 0 Å². The molecule has 0 aromatic carbocycles. The molecule has 5 heteroatoms. The highest BCUT2D eigenvalue weighted by Crippen LogP contribution is 2.08. The van der Waals surface area contributed by atoms with Crippen LogP contribution < -0.4 is 5.32 Å². The van der Waals surface area contributed by atoms with Crippen LogP contribution in [0.3, 0.4) is 0 Å². The molecular formula is C13H21N5. The molecule has 0 aliphatic rings. The summed E-state index contributed by atoms with van der Waals surface area (Å²) in [5.41, 5.74) is 1.22. The van der Waals surface area contributed by atoms with Gasteiger partial charge in [-0.05, 0) is 20.8 Å². The van der Waals surface area contributed by atoms with Gasteiger partial charge in [0.25, 0.3) is 0 Å². The maximum absolute atomic E-state index is 4.20. The summed E-state index contributed by atoms with van der Waals surface area (Å²) in [6, 6.07) is 0.850. The van der Waals surface area contributed by atoms with Gasteiger partial charge in [0.15, 0.2) is 0 Å². The summed E-state index contributed by atoms with van der Waals surface area (Å²) in [6.07, 6.45) is 9.45. The minimum Gasteiger partial charge on any atom is -0.336 e. The Morgan fingerprint density at radius 1 is 1.22 bits per heavy atom. The van der Waals surface area contributed by atoms with Gasteiger partial charge in [-0.3, -0.25) is 0 Å². The van der Waals surface area contributed by atoms with Crippen LogP contribution in [0.25, 0.3) is 0 Å². The van der Waals surface area contributed by atoms with Gasteiger partial charge in [0.05, 0.1) is 18.3 Å². The van der Waals surface area contributed by atoms with Crippen molar-refractivity contribution in [3.63, 3.8) is 0 Å². The molecule has 0 spiro atoms. The van der Waals surface area contributed by atoms with Gasteiger partial charge in [-0.1, -0.05) is 0 Å². The summed E-state index contributed by atoms with van der Waals surface area (Å²) in [5.74, 6) is 0. The fourth-order valence-electron chi connectivity index (χ4n) is 1.99. The maximum atomic E-state index is 4.20. The Kier molecular flexibility index (Phi) is 4.15. The smallest absolute Gasteiger partial charge is 0.0951 e. The molecule has 2 aromatic heterocycles. The number of nitrogens with one attached hydrogen (secondary N) is 1. The van der Waals surface area contributed by atoms with Crippen LogP contribution in [0.2, 0.25) is 0 Å². The van der Waals surface area contributed by atoms with Crippen molar-refractivity contribution in [2.75, 3.05) is 0 Å². The first-order valence-corrected chi connectivity index (χ1v) is 6.36. The highest BCUT2D eigenvalue weighted by molar-refractivity contribution is 4.99. The summed E-state index contributed by atoms with van der Waals surface area (Å²) >= 11 is 0. The fraction of sp³-hybridized carbons (Fsp3) is 0.538. The molecule has 1 unspecified atom stereocenters. The highest BCUT2D eigenvalue weighted by atomic mass is 15.1. The molecule has 0 aliphatic carbocycles. The van der Waals surface area contributed by atoms with Crippen LogP contribution in [-0.4, -0.2) is 25.1 Å². The Bertz CT molecular complexity index is 457. The molecule has 0 saturated carbocycles. The SMILES string of the molecule is CC(Cn1ccnc1)NCc1cncn1C(C)C. The van der Waals surface area contributed by atoms with Crippen LogP contribution in [0, 0.1) is 0 Å². The van der Waals surface area contributed by atoms with Crippen molar-refractivity contribution < 1.29 is 0 Å². The molecule has 0 fully saturated rings. The number of rotatable bonds is 6. The maximum Gasteiger partial charge on any atom is 0.0951 e. The zero-order valence-electron chi connectivity index (χ0n) is 11.2. The minimum atomic E-state index is 0.398. The van der Waals surface area contributed by atoms with E-state index in [1.54, 1.807) is 6.20 Å². The molecule has 0 amide bonds. The predicted octanol–water partition coefficient (Wildman–Crippen LogP) is 1.84. The number of hydrogen-bond acceptors (Lipinski definition) is 3. The topological polar surface area (TPSA) is 47.7 Å². The van der Waals surface area contributed by atoms with Crippen molar-refractivity contribution in [3.05, 3.63) is 36.9 Å². The zero-order valence-corrected chi connectivity index (χ0v) is 11.2. The van der Waals surface area contributed by atoms with E-state index < -0.39 is 0 Å². The first-order valence-electron chi connectivity index (χ1n) is 6.36. The molecule has 0 saturated heterocycles. The predicted molar refractivity (Wildman–Crippen MR) is 71.1 cm³/mol. The summed E-state index contributed by atoms with van der Waals surface area (Å²) in [4.78, 5) is 8.25. The van der Waals surface area contributed by atoms with Crippen molar-refractivity contribution >= 4 is 0 Å². The summed E-state index contributed by atoms with van der Waals surface area (Å²) in [5, 5.41) is 3.51. The zero-order chi connectivity index (χ0) is 13.0. The second-order valence-electron chi connectivity index (χ2n) is 4.93. The number of hydrogen-bond donors (Lipinski definition) is 1. The Morgan fingerprint density at radius 3 is 2.72 bits per heavy atom.